The molecule has 29 heavy (non-hydrogen) atoms. The lowest BCUT2D eigenvalue weighted by molar-refractivity contribution is -0.131. The summed E-state index contributed by atoms with van der Waals surface area (Å²) in [5.41, 5.74) is 5.14. The Labute approximate surface area is 168 Å². The first-order valence-electron chi connectivity index (χ1n) is 9.52. The van der Waals surface area contributed by atoms with E-state index < -0.39 is 17.9 Å². The molecule has 0 bridgehead atoms. The van der Waals surface area contributed by atoms with E-state index in [1.807, 2.05) is 6.07 Å². The zero-order valence-corrected chi connectivity index (χ0v) is 15.8. The van der Waals surface area contributed by atoms with E-state index in [0.29, 0.717) is 29.4 Å². The van der Waals surface area contributed by atoms with Crippen LogP contribution in [0.25, 0.3) is 0 Å². The molecular formula is C21H22N2O6. The van der Waals surface area contributed by atoms with Crippen LogP contribution in [0.1, 0.15) is 23.2 Å². The second-order valence-electron chi connectivity index (χ2n) is 6.78. The van der Waals surface area contributed by atoms with E-state index in [1.54, 1.807) is 42.5 Å². The average molecular weight is 398 g/mol. The van der Waals surface area contributed by atoms with Gasteiger partial charge in [-0.25, -0.2) is 0 Å². The molecular weight excluding hydrogens is 376 g/mol. The van der Waals surface area contributed by atoms with Gasteiger partial charge in [-0.2, -0.15) is 0 Å². The maximum atomic E-state index is 12.2. The van der Waals surface area contributed by atoms with Gasteiger partial charge in [-0.1, -0.05) is 12.1 Å². The van der Waals surface area contributed by atoms with Crippen LogP contribution in [0.4, 0.5) is 0 Å². The van der Waals surface area contributed by atoms with Crippen LogP contribution < -0.4 is 25.1 Å². The van der Waals surface area contributed by atoms with Gasteiger partial charge < -0.3 is 18.9 Å². The van der Waals surface area contributed by atoms with E-state index in [-0.39, 0.29) is 12.7 Å². The van der Waals surface area contributed by atoms with E-state index in [9.17, 15) is 9.59 Å². The molecule has 0 aromatic heterocycles. The summed E-state index contributed by atoms with van der Waals surface area (Å²) < 4.78 is 22.3. The van der Waals surface area contributed by atoms with Crippen molar-refractivity contribution in [3.8, 4) is 17.2 Å². The number of hydrogen-bond donors (Lipinski definition) is 2. The third-order valence-corrected chi connectivity index (χ3v) is 4.68. The Morgan fingerprint density at radius 1 is 1.03 bits per heavy atom. The summed E-state index contributed by atoms with van der Waals surface area (Å²) in [4.78, 5) is 24.5. The summed E-state index contributed by atoms with van der Waals surface area (Å²) in [6.07, 6.45) is 1.34. The van der Waals surface area contributed by atoms with Gasteiger partial charge in [0.15, 0.2) is 11.5 Å². The van der Waals surface area contributed by atoms with Crippen LogP contribution in [0.15, 0.2) is 48.5 Å². The number of amides is 2. The molecule has 152 valence electrons. The van der Waals surface area contributed by atoms with Gasteiger partial charge in [-0.3, -0.25) is 20.4 Å². The lowest BCUT2D eigenvalue weighted by Gasteiger charge is -2.25. The van der Waals surface area contributed by atoms with Crippen molar-refractivity contribution in [2.45, 2.75) is 25.0 Å². The summed E-state index contributed by atoms with van der Waals surface area (Å²) in [5, 5.41) is 0. The molecule has 2 N–H and O–H groups in total. The zero-order valence-electron chi connectivity index (χ0n) is 15.8. The summed E-state index contributed by atoms with van der Waals surface area (Å²) >= 11 is 0. The van der Waals surface area contributed by atoms with Crippen molar-refractivity contribution < 1.29 is 28.5 Å². The molecule has 2 heterocycles. The van der Waals surface area contributed by atoms with Gasteiger partial charge in [0.05, 0.1) is 6.10 Å². The standard InChI is InChI=1S/C21H22N2O6/c24-20(14-7-9-15(10-8-14)27-12-16-4-3-11-26-16)22-23-21(25)19-13-28-17-5-1-2-6-18(17)29-19/h1-2,5-10,16,19H,3-4,11-13H2,(H,22,24)(H,23,25)/t16-,19-/m0/s1. The molecule has 0 unspecified atom stereocenters. The highest BCUT2D eigenvalue weighted by Crippen LogP contribution is 2.30. The van der Waals surface area contributed by atoms with Crippen LogP contribution in [0.3, 0.4) is 0 Å². The summed E-state index contributed by atoms with van der Waals surface area (Å²) in [6, 6.07) is 13.8. The van der Waals surface area contributed by atoms with Crippen LogP contribution in [0.2, 0.25) is 0 Å². The summed E-state index contributed by atoms with van der Waals surface area (Å²) in [5.74, 6) is 0.796. The van der Waals surface area contributed by atoms with E-state index in [2.05, 4.69) is 10.9 Å². The average Bonchev–Trinajstić information content (AvgIpc) is 3.29. The van der Waals surface area contributed by atoms with Crippen LogP contribution in [0.5, 0.6) is 17.2 Å². The monoisotopic (exact) mass is 398 g/mol. The molecule has 8 heteroatoms. The van der Waals surface area contributed by atoms with E-state index >= 15 is 0 Å². The number of fused-ring (bicyclic) bond motifs is 1. The largest absolute Gasteiger partial charge is 0.491 e. The molecule has 2 aromatic rings. The third-order valence-electron chi connectivity index (χ3n) is 4.68. The van der Waals surface area contributed by atoms with Crippen LogP contribution >= 0.6 is 0 Å². The molecule has 0 saturated carbocycles. The topological polar surface area (TPSA) is 95.1 Å². The quantitative estimate of drug-likeness (QED) is 0.747. The van der Waals surface area contributed by atoms with Crippen LogP contribution in [-0.2, 0) is 9.53 Å². The van der Waals surface area contributed by atoms with Crippen molar-refractivity contribution in [3.05, 3.63) is 54.1 Å². The Hall–Kier alpha value is -3.26. The Kier molecular flexibility index (Phi) is 5.81. The van der Waals surface area contributed by atoms with Gasteiger partial charge in [-0.05, 0) is 49.2 Å². The second-order valence-corrected chi connectivity index (χ2v) is 6.78. The highest BCUT2D eigenvalue weighted by Gasteiger charge is 2.27. The van der Waals surface area contributed by atoms with Gasteiger partial charge in [0.1, 0.15) is 19.0 Å². The highest BCUT2D eigenvalue weighted by atomic mass is 16.6. The minimum atomic E-state index is -0.848. The highest BCUT2D eigenvalue weighted by molar-refractivity contribution is 5.95. The fraction of sp³-hybridized carbons (Fsp3) is 0.333. The number of hydrogen-bond acceptors (Lipinski definition) is 6. The lowest BCUT2D eigenvalue weighted by atomic mass is 10.2. The zero-order chi connectivity index (χ0) is 20.1. The molecule has 4 rings (SSSR count). The number of carbonyl (C=O) groups excluding carboxylic acids is 2. The lowest BCUT2D eigenvalue weighted by Crippen LogP contribution is -2.50. The Morgan fingerprint density at radius 2 is 1.83 bits per heavy atom. The van der Waals surface area contributed by atoms with E-state index in [4.69, 9.17) is 18.9 Å². The maximum Gasteiger partial charge on any atom is 0.283 e. The van der Waals surface area contributed by atoms with Gasteiger partial charge in [0.2, 0.25) is 6.10 Å². The Balaban J connectivity index is 1.24. The Bertz CT molecular complexity index is 864. The summed E-state index contributed by atoms with van der Waals surface area (Å²) in [7, 11) is 0. The van der Waals surface area contributed by atoms with Crippen molar-refractivity contribution in [1.29, 1.82) is 0 Å². The molecule has 2 aliphatic heterocycles. The third kappa shape index (κ3) is 4.78. The number of carbonyl (C=O) groups is 2. The number of rotatable bonds is 5. The summed E-state index contributed by atoms with van der Waals surface area (Å²) in [6.45, 7) is 1.34. The minimum Gasteiger partial charge on any atom is -0.491 e. The molecule has 1 saturated heterocycles. The molecule has 0 spiro atoms. The van der Waals surface area contributed by atoms with Crippen molar-refractivity contribution in [2.75, 3.05) is 19.8 Å². The van der Waals surface area contributed by atoms with Crippen LogP contribution in [0, 0.1) is 0 Å². The number of nitrogens with one attached hydrogen (secondary N) is 2. The normalized spacial score (nSPS) is 20.0. The number of ether oxygens (including phenoxy) is 4. The predicted molar refractivity (Wildman–Crippen MR) is 103 cm³/mol. The van der Waals surface area contributed by atoms with Crippen molar-refractivity contribution in [1.82, 2.24) is 10.9 Å². The first-order valence-corrected chi connectivity index (χ1v) is 9.52. The number of para-hydroxylation sites is 2. The van der Waals surface area contributed by atoms with E-state index in [1.165, 1.54) is 0 Å². The number of benzene rings is 2. The van der Waals surface area contributed by atoms with Crippen molar-refractivity contribution in [3.63, 3.8) is 0 Å². The molecule has 0 radical (unpaired) electrons. The first kappa shape index (κ1) is 19.1. The molecule has 0 aliphatic carbocycles. The molecule has 2 amide bonds. The maximum absolute atomic E-state index is 12.2. The van der Waals surface area contributed by atoms with Gasteiger partial charge in [-0.15, -0.1) is 0 Å². The molecule has 1 fully saturated rings. The van der Waals surface area contributed by atoms with Gasteiger partial charge >= 0.3 is 0 Å². The van der Waals surface area contributed by atoms with Crippen molar-refractivity contribution >= 4 is 11.8 Å². The molecule has 2 atom stereocenters. The fourth-order valence-electron chi connectivity index (χ4n) is 3.09. The van der Waals surface area contributed by atoms with E-state index in [0.717, 1.165) is 19.4 Å². The van der Waals surface area contributed by atoms with Gasteiger partial charge in [0, 0.05) is 12.2 Å². The second kappa shape index (κ2) is 8.83. The molecule has 2 aliphatic rings. The van der Waals surface area contributed by atoms with Crippen LogP contribution in [-0.4, -0.2) is 43.8 Å². The molecule has 2 aromatic carbocycles. The SMILES string of the molecule is O=C(NNC(=O)[C@@H]1COc2ccccc2O1)c1ccc(OC[C@@H]2CCCO2)cc1. The van der Waals surface area contributed by atoms with Crippen molar-refractivity contribution in [2.24, 2.45) is 0 Å². The molecule has 8 nitrogen and oxygen atoms in total. The number of hydrazine groups is 1. The first-order chi connectivity index (χ1) is 14.2. The smallest absolute Gasteiger partial charge is 0.283 e. The predicted octanol–water partition coefficient (Wildman–Crippen LogP) is 1.85. The fourth-order valence-corrected chi connectivity index (χ4v) is 3.09. The Morgan fingerprint density at radius 3 is 2.59 bits per heavy atom. The minimum absolute atomic E-state index is 0.0649. The van der Waals surface area contributed by atoms with Gasteiger partial charge in [0.25, 0.3) is 11.8 Å².